The summed E-state index contributed by atoms with van der Waals surface area (Å²) in [4.78, 5) is 32.0. The maximum Gasteiger partial charge on any atom is 0.237 e. The third-order valence-corrected chi connectivity index (χ3v) is 6.51. The number of anilines is 2. The first-order chi connectivity index (χ1) is 15.7. The number of amides is 1. The van der Waals surface area contributed by atoms with Crippen LogP contribution in [0, 0.1) is 5.92 Å². The summed E-state index contributed by atoms with van der Waals surface area (Å²) in [6.45, 7) is 2.43. The van der Waals surface area contributed by atoms with Crippen LogP contribution in [0.5, 0.6) is 5.75 Å². The monoisotopic (exact) mass is 450 g/mol. The van der Waals surface area contributed by atoms with E-state index in [1.165, 1.54) is 11.3 Å². The van der Waals surface area contributed by atoms with Crippen molar-refractivity contribution in [2.24, 2.45) is 5.92 Å². The lowest BCUT2D eigenvalue weighted by molar-refractivity contribution is -0.123. The molecule has 2 aliphatic heterocycles. The van der Waals surface area contributed by atoms with Gasteiger partial charge in [0.2, 0.25) is 11.7 Å². The maximum absolute atomic E-state index is 13.1. The van der Waals surface area contributed by atoms with Gasteiger partial charge in [-0.05, 0) is 36.9 Å². The summed E-state index contributed by atoms with van der Waals surface area (Å²) in [5, 5.41) is 16.3. The first-order valence-corrected chi connectivity index (χ1v) is 11.3. The Kier molecular flexibility index (Phi) is 5.64. The normalized spacial score (nSPS) is 20.5. The van der Waals surface area contributed by atoms with Gasteiger partial charge in [0.1, 0.15) is 5.75 Å². The van der Waals surface area contributed by atoms with E-state index in [-0.39, 0.29) is 17.6 Å². The number of benzene rings is 1. The molecule has 0 unspecified atom stereocenters. The van der Waals surface area contributed by atoms with Crippen LogP contribution in [-0.4, -0.2) is 58.7 Å². The average Bonchev–Trinajstić information content (AvgIpc) is 3.47. The van der Waals surface area contributed by atoms with Gasteiger partial charge in [0.15, 0.2) is 10.6 Å². The Morgan fingerprint density at radius 3 is 2.50 bits per heavy atom. The van der Waals surface area contributed by atoms with Crippen LogP contribution in [0.3, 0.4) is 0 Å². The van der Waals surface area contributed by atoms with E-state index < -0.39 is 5.60 Å². The maximum atomic E-state index is 13.1. The minimum absolute atomic E-state index is 0.000768. The van der Waals surface area contributed by atoms with Gasteiger partial charge >= 0.3 is 0 Å². The number of ether oxygens (including phenoxy) is 1. The molecule has 164 valence electrons. The Morgan fingerprint density at radius 2 is 1.91 bits per heavy atom. The van der Waals surface area contributed by atoms with Crippen molar-refractivity contribution >= 4 is 34.4 Å². The van der Waals surface area contributed by atoms with Gasteiger partial charge in [-0.1, -0.05) is 0 Å². The van der Waals surface area contributed by atoms with Crippen LogP contribution in [0.1, 0.15) is 16.2 Å². The largest absolute Gasteiger partial charge is 0.478 e. The molecule has 1 atom stereocenters. The van der Waals surface area contributed by atoms with E-state index in [0.717, 1.165) is 0 Å². The Labute approximate surface area is 188 Å². The van der Waals surface area contributed by atoms with E-state index in [0.29, 0.717) is 54.7 Å². The molecule has 9 nitrogen and oxygen atoms in total. The zero-order chi connectivity index (χ0) is 22.0. The van der Waals surface area contributed by atoms with Gasteiger partial charge in [0.05, 0.1) is 24.0 Å². The van der Waals surface area contributed by atoms with Crippen molar-refractivity contribution in [2.75, 3.05) is 31.1 Å². The Hall–Kier alpha value is -3.21. The van der Waals surface area contributed by atoms with Crippen molar-refractivity contribution in [3.8, 4) is 5.75 Å². The number of rotatable bonds is 7. The third-order valence-electron chi connectivity index (χ3n) is 5.74. The summed E-state index contributed by atoms with van der Waals surface area (Å²) in [7, 11) is 0. The highest BCUT2D eigenvalue weighted by Gasteiger charge is 2.45. The molecule has 5 rings (SSSR count). The summed E-state index contributed by atoms with van der Waals surface area (Å²) in [5.74, 6) is 0.371. The molecule has 4 heterocycles. The highest BCUT2D eigenvalue weighted by molar-refractivity contribution is 7.11. The Balaban J connectivity index is 1.41. The lowest BCUT2D eigenvalue weighted by atomic mass is 9.97. The van der Waals surface area contributed by atoms with E-state index in [1.54, 1.807) is 47.1 Å². The number of carbonyl (C=O) groups excluding carboxylic acids is 2. The Morgan fingerprint density at radius 1 is 1.06 bits per heavy atom. The molecule has 3 aromatic rings. The fraction of sp³-hybridized carbons (Fsp3) is 0.318. The van der Waals surface area contributed by atoms with Gasteiger partial charge < -0.3 is 15.4 Å². The minimum Gasteiger partial charge on any atom is -0.478 e. The van der Waals surface area contributed by atoms with Gasteiger partial charge in [-0.15, -0.1) is 11.3 Å². The molecule has 0 saturated carbocycles. The van der Waals surface area contributed by atoms with E-state index in [9.17, 15) is 9.59 Å². The van der Waals surface area contributed by atoms with E-state index in [1.807, 2.05) is 12.1 Å². The summed E-state index contributed by atoms with van der Waals surface area (Å²) in [5.41, 5.74) is 0.370. The molecule has 1 amide bonds. The molecule has 32 heavy (non-hydrogen) atoms. The molecule has 2 saturated heterocycles. The van der Waals surface area contributed by atoms with Crippen molar-refractivity contribution in [3.63, 3.8) is 0 Å². The minimum atomic E-state index is -0.985. The molecule has 0 spiro atoms. The fourth-order valence-corrected chi connectivity index (χ4v) is 4.55. The van der Waals surface area contributed by atoms with Crippen molar-refractivity contribution in [2.45, 2.75) is 12.0 Å². The highest BCUT2D eigenvalue weighted by atomic mass is 32.1. The Bertz CT molecular complexity index is 1080. The van der Waals surface area contributed by atoms with Crippen molar-refractivity contribution in [1.82, 2.24) is 25.8 Å². The van der Waals surface area contributed by atoms with Crippen LogP contribution in [0.25, 0.3) is 0 Å². The second kappa shape index (κ2) is 8.73. The van der Waals surface area contributed by atoms with Crippen LogP contribution in [0.2, 0.25) is 0 Å². The van der Waals surface area contributed by atoms with E-state index in [2.05, 4.69) is 25.8 Å². The molecule has 0 aliphatic carbocycles. The second-order valence-electron chi connectivity index (χ2n) is 7.81. The summed E-state index contributed by atoms with van der Waals surface area (Å²) in [6.07, 6.45) is 5.32. The van der Waals surface area contributed by atoms with Gasteiger partial charge in [-0.25, -0.2) is 4.98 Å². The molecule has 10 heteroatoms. The van der Waals surface area contributed by atoms with Crippen molar-refractivity contribution in [1.29, 1.82) is 0 Å². The van der Waals surface area contributed by atoms with E-state index >= 15 is 0 Å². The zero-order valence-corrected chi connectivity index (χ0v) is 18.0. The molecule has 1 aromatic carbocycles. The number of ketones is 1. The van der Waals surface area contributed by atoms with Gasteiger partial charge in [0, 0.05) is 43.3 Å². The smallest absolute Gasteiger partial charge is 0.237 e. The van der Waals surface area contributed by atoms with Crippen LogP contribution < -0.4 is 20.3 Å². The first-order valence-electron chi connectivity index (χ1n) is 10.4. The van der Waals surface area contributed by atoms with Gasteiger partial charge in [-0.2, -0.15) is 10.2 Å². The fourth-order valence-electron chi connectivity index (χ4n) is 3.88. The molecule has 2 fully saturated rings. The van der Waals surface area contributed by atoms with Crippen LogP contribution in [0.4, 0.5) is 11.4 Å². The summed E-state index contributed by atoms with van der Waals surface area (Å²) >= 11 is 1.32. The number of carbonyl (C=O) groups is 2. The molecule has 2 aliphatic rings. The lowest BCUT2D eigenvalue weighted by Gasteiger charge is -2.32. The number of hydrogen-bond acceptors (Lipinski definition) is 9. The average molecular weight is 451 g/mol. The quantitative estimate of drug-likeness (QED) is 0.525. The standard InChI is InChI=1S/C22H22N6O3S/c29-19(20-25-9-10-32-20)22(6-8-23-14-22)31-18-3-1-16(2-4-18)28(17-5-7-26-27-13-17)21(30)15-11-24-12-15/h1-5,7,9-10,13,15,23-24H,6,8,11-12,14H2/t22-/m1/s1. The van der Waals surface area contributed by atoms with Gasteiger partial charge in [0.25, 0.3) is 0 Å². The number of aromatic nitrogens is 3. The lowest BCUT2D eigenvalue weighted by Crippen LogP contribution is -2.51. The third kappa shape index (κ3) is 3.88. The van der Waals surface area contributed by atoms with Gasteiger partial charge in [-0.3, -0.25) is 14.5 Å². The molecule has 2 N–H and O–H groups in total. The highest BCUT2D eigenvalue weighted by Crippen LogP contribution is 2.32. The van der Waals surface area contributed by atoms with Crippen molar-refractivity contribution < 1.29 is 14.3 Å². The van der Waals surface area contributed by atoms with Crippen molar-refractivity contribution in [3.05, 3.63) is 59.3 Å². The number of nitrogens with zero attached hydrogens (tertiary/aromatic N) is 4. The number of hydrogen-bond donors (Lipinski definition) is 2. The van der Waals surface area contributed by atoms with E-state index in [4.69, 9.17) is 4.74 Å². The number of Topliss-reactive ketones (excluding diaryl/α,β-unsaturated/α-hetero) is 1. The van der Waals surface area contributed by atoms with Crippen LogP contribution in [0.15, 0.2) is 54.3 Å². The van der Waals surface area contributed by atoms with Crippen LogP contribution in [-0.2, 0) is 4.79 Å². The second-order valence-corrected chi connectivity index (χ2v) is 8.71. The summed E-state index contributed by atoms with van der Waals surface area (Å²) < 4.78 is 6.25. The number of thiazole rings is 1. The molecule has 0 bridgehead atoms. The SMILES string of the molecule is O=C(C1CNC1)N(c1ccc(O[C@]2(C(=O)c3nccs3)CCNC2)cc1)c1ccnnc1. The first kappa shape index (κ1) is 20.7. The predicted octanol–water partition coefficient (Wildman–Crippen LogP) is 1.81. The van der Waals surface area contributed by atoms with Crippen LogP contribution >= 0.6 is 11.3 Å². The molecule has 0 radical (unpaired) electrons. The molecular formula is C22H22N6O3S. The predicted molar refractivity (Wildman–Crippen MR) is 119 cm³/mol. The molecular weight excluding hydrogens is 428 g/mol. The zero-order valence-electron chi connectivity index (χ0n) is 17.2. The number of nitrogens with one attached hydrogen (secondary N) is 2. The molecule has 2 aromatic heterocycles. The topological polar surface area (TPSA) is 109 Å². The summed E-state index contributed by atoms with van der Waals surface area (Å²) in [6, 6.07) is 8.98.